The first kappa shape index (κ1) is 15.0. The third-order valence-corrected chi connectivity index (χ3v) is 5.49. The highest BCUT2D eigenvalue weighted by Crippen LogP contribution is 2.42. The Morgan fingerprint density at radius 3 is 3.00 bits per heavy atom. The summed E-state index contributed by atoms with van der Waals surface area (Å²) < 4.78 is 5.85. The lowest BCUT2D eigenvalue weighted by atomic mass is 9.89. The molecule has 1 aliphatic rings. The Morgan fingerprint density at radius 1 is 1.33 bits per heavy atom. The van der Waals surface area contributed by atoms with Gasteiger partial charge in [0.2, 0.25) is 11.6 Å². The molecule has 0 N–H and O–H groups in total. The predicted molar refractivity (Wildman–Crippen MR) is 91.8 cm³/mol. The summed E-state index contributed by atoms with van der Waals surface area (Å²) in [4.78, 5) is 21.6. The Balaban J connectivity index is 1.82. The number of aromatic nitrogens is 2. The van der Waals surface area contributed by atoms with E-state index in [1.54, 1.807) is 29.5 Å². The van der Waals surface area contributed by atoms with Crippen LogP contribution in [-0.4, -0.2) is 14.9 Å². The van der Waals surface area contributed by atoms with Crippen LogP contribution in [0, 0.1) is 16.0 Å². The lowest BCUT2D eigenvalue weighted by molar-refractivity contribution is -0.385. The van der Waals surface area contributed by atoms with Crippen LogP contribution in [0.4, 0.5) is 5.69 Å². The van der Waals surface area contributed by atoms with Crippen LogP contribution in [0.5, 0.6) is 11.6 Å². The molecule has 0 aliphatic heterocycles. The van der Waals surface area contributed by atoms with Crippen molar-refractivity contribution in [3.05, 3.63) is 51.1 Å². The van der Waals surface area contributed by atoms with E-state index >= 15 is 0 Å². The van der Waals surface area contributed by atoms with Gasteiger partial charge in [-0.2, -0.15) is 0 Å². The summed E-state index contributed by atoms with van der Waals surface area (Å²) in [6.07, 6.45) is 4.59. The third-order valence-electron chi connectivity index (χ3n) is 4.33. The summed E-state index contributed by atoms with van der Waals surface area (Å²) in [6, 6.07) is 6.35. The Labute approximate surface area is 142 Å². The van der Waals surface area contributed by atoms with Gasteiger partial charge in [0, 0.05) is 10.9 Å². The number of fused-ring (bicyclic) bond motifs is 3. The number of aryl methyl sites for hydroxylation is 1. The molecule has 0 bridgehead atoms. The monoisotopic (exact) mass is 341 g/mol. The molecule has 0 radical (unpaired) electrons. The fraction of sp³-hybridized carbons (Fsp3) is 0.294. The van der Waals surface area contributed by atoms with Crippen molar-refractivity contribution in [2.24, 2.45) is 5.92 Å². The number of hydrogen-bond acceptors (Lipinski definition) is 6. The smallest absolute Gasteiger partial charge is 0.311 e. The van der Waals surface area contributed by atoms with E-state index in [4.69, 9.17) is 4.74 Å². The minimum atomic E-state index is -0.446. The van der Waals surface area contributed by atoms with Gasteiger partial charge in [-0.25, -0.2) is 9.97 Å². The molecule has 6 nitrogen and oxygen atoms in total. The molecule has 1 aromatic carbocycles. The Kier molecular flexibility index (Phi) is 3.65. The molecule has 2 heterocycles. The fourth-order valence-electron chi connectivity index (χ4n) is 3.12. The van der Waals surface area contributed by atoms with Crippen molar-refractivity contribution < 1.29 is 9.66 Å². The van der Waals surface area contributed by atoms with E-state index in [0.29, 0.717) is 11.8 Å². The van der Waals surface area contributed by atoms with Gasteiger partial charge in [-0.3, -0.25) is 10.1 Å². The van der Waals surface area contributed by atoms with E-state index in [1.807, 2.05) is 0 Å². The maximum absolute atomic E-state index is 11.2. The minimum absolute atomic E-state index is 0.0676. The van der Waals surface area contributed by atoms with Crippen molar-refractivity contribution in [1.82, 2.24) is 9.97 Å². The number of thiophene rings is 1. The first-order valence-corrected chi connectivity index (χ1v) is 8.61. The van der Waals surface area contributed by atoms with E-state index in [0.717, 1.165) is 29.5 Å². The van der Waals surface area contributed by atoms with Gasteiger partial charge in [0.05, 0.1) is 10.3 Å². The highest BCUT2D eigenvalue weighted by Gasteiger charge is 2.25. The van der Waals surface area contributed by atoms with E-state index < -0.39 is 4.92 Å². The molecule has 2 aromatic heterocycles. The van der Waals surface area contributed by atoms with Crippen LogP contribution >= 0.6 is 11.3 Å². The Bertz CT molecular complexity index is 938. The Hall–Kier alpha value is -2.54. The molecule has 0 spiro atoms. The summed E-state index contributed by atoms with van der Waals surface area (Å²) in [5.41, 5.74) is 1.17. The van der Waals surface area contributed by atoms with E-state index in [1.165, 1.54) is 22.8 Å². The predicted octanol–water partition coefficient (Wildman–Crippen LogP) is 4.52. The Morgan fingerprint density at radius 2 is 2.17 bits per heavy atom. The second-order valence-corrected chi connectivity index (χ2v) is 7.12. The van der Waals surface area contributed by atoms with Gasteiger partial charge in [0.1, 0.15) is 11.2 Å². The van der Waals surface area contributed by atoms with Crippen molar-refractivity contribution in [3.8, 4) is 11.6 Å². The zero-order valence-corrected chi connectivity index (χ0v) is 13.9. The molecule has 0 saturated heterocycles. The summed E-state index contributed by atoms with van der Waals surface area (Å²) >= 11 is 1.67. The summed E-state index contributed by atoms with van der Waals surface area (Å²) in [6.45, 7) is 2.25. The van der Waals surface area contributed by atoms with Crippen molar-refractivity contribution in [2.75, 3.05) is 0 Å². The number of rotatable bonds is 3. The van der Waals surface area contributed by atoms with Crippen LogP contribution in [0.1, 0.15) is 23.8 Å². The second kappa shape index (κ2) is 5.83. The molecule has 1 atom stereocenters. The van der Waals surface area contributed by atoms with Crippen molar-refractivity contribution in [1.29, 1.82) is 0 Å². The maximum atomic E-state index is 11.2. The van der Waals surface area contributed by atoms with Crippen LogP contribution in [0.3, 0.4) is 0 Å². The van der Waals surface area contributed by atoms with E-state index in [-0.39, 0.29) is 11.4 Å². The van der Waals surface area contributed by atoms with Crippen LogP contribution < -0.4 is 4.74 Å². The average molecular weight is 341 g/mol. The topological polar surface area (TPSA) is 78.2 Å². The third kappa shape index (κ3) is 2.50. The summed E-state index contributed by atoms with van der Waals surface area (Å²) in [7, 11) is 0. The first-order valence-electron chi connectivity index (χ1n) is 7.80. The van der Waals surface area contributed by atoms with Gasteiger partial charge in [-0.05, 0) is 36.8 Å². The SMILES string of the molecule is C[C@@H]1CCc2c(sc3ncnc(Oc4ccccc4[N+](=O)[O-])c23)C1. The lowest BCUT2D eigenvalue weighted by Gasteiger charge is -2.18. The first-order chi connectivity index (χ1) is 11.6. The average Bonchev–Trinajstić information content (AvgIpc) is 2.93. The fourth-order valence-corrected chi connectivity index (χ4v) is 4.46. The molecule has 3 aromatic rings. The summed E-state index contributed by atoms with van der Waals surface area (Å²) in [5.74, 6) is 1.27. The molecule has 122 valence electrons. The largest absolute Gasteiger partial charge is 0.431 e. The van der Waals surface area contributed by atoms with Gasteiger partial charge in [0.15, 0.2) is 0 Å². The summed E-state index contributed by atoms with van der Waals surface area (Å²) in [5, 5.41) is 12.1. The normalized spacial score (nSPS) is 16.8. The standard InChI is InChI=1S/C17H15N3O3S/c1-10-6-7-11-14(8-10)24-17-15(11)16(18-9-19-17)23-13-5-3-2-4-12(13)20(21)22/h2-5,9-10H,6-8H2,1H3/t10-/m1/s1. The second-order valence-electron chi connectivity index (χ2n) is 6.04. The van der Waals surface area contributed by atoms with Crippen LogP contribution in [0.15, 0.2) is 30.6 Å². The van der Waals surface area contributed by atoms with Crippen molar-refractivity contribution in [2.45, 2.75) is 26.2 Å². The molecular weight excluding hydrogens is 326 g/mol. The van der Waals surface area contributed by atoms with Crippen molar-refractivity contribution >= 4 is 27.2 Å². The molecule has 24 heavy (non-hydrogen) atoms. The molecule has 0 unspecified atom stereocenters. The van der Waals surface area contributed by atoms with Gasteiger partial charge < -0.3 is 4.74 Å². The zero-order valence-electron chi connectivity index (χ0n) is 13.1. The molecule has 1 aliphatic carbocycles. The minimum Gasteiger partial charge on any atom is -0.431 e. The number of para-hydroxylation sites is 2. The zero-order chi connectivity index (χ0) is 16.7. The molecular formula is C17H15N3O3S. The highest BCUT2D eigenvalue weighted by atomic mass is 32.1. The van der Waals surface area contributed by atoms with Crippen LogP contribution in [0.25, 0.3) is 10.2 Å². The molecule has 0 fully saturated rings. The number of hydrogen-bond donors (Lipinski definition) is 0. The van der Waals surface area contributed by atoms with Crippen LogP contribution in [-0.2, 0) is 12.8 Å². The van der Waals surface area contributed by atoms with E-state index in [2.05, 4.69) is 16.9 Å². The van der Waals surface area contributed by atoms with Gasteiger partial charge >= 0.3 is 5.69 Å². The molecule has 0 amide bonds. The van der Waals surface area contributed by atoms with Gasteiger partial charge in [-0.1, -0.05) is 19.1 Å². The molecule has 4 rings (SSSR count). The number of ether oxygens (including phenoxy) is 1. The van der Waals surface area contributed by atoms with Gasteiger partial charge in [-0.15, -0.1) is 11.3 Å². The van der Waals surface area contributed by atoms with E-state index in [9.17, 15) is 10.1 Å². The quantitative estimate of drug-likeness (QED) is 0.517. The number of nitro groups is 1. The highest BCUT2D eigenvalue weighted by molar-refractivity contribution is 7.18. The molecule has 0 saturated carbocycles. The number of nitrogens with zero attached hydrogens (tertiary/aromatic N) is 3. The van der Waals surface area contributed by atoms with Gasteiger partial charge in [0.25, 0.3) is 0 Å². The van der Waals surface area contributed by atoms with Crippen LogP contribution in [0.2, 0.25) is 0 Å². The number of nitro benzene ring substituents is 1. The van der Waals surface area contributed by atoms with Crippen molar-refractivity contribution in [3.63, 3.8) is 0 Å². The maximum Gasteiger partial charge on any atom is 0.311 e. The lowest BCUT2D eigenvalue weighted by Crippen LogP contribution is -2.08. The number of benzene rings is 1. The molecule has 7 heteroatoms.